The molecule has 0 saturated heterocycles. The van der Waals surface area contributed by atoms with Gasteiger partial charge in [0.25, 0.3) is 0 Å². The molecular formula is C43H28N2O2. The van der Waals surface area contributed by atoms with E-state index in [0.29, 0.717) is 11.5 Å². The van der Waals surface area contributed by atoms with Crippen LogP contribution in [0, 0.1) is 0 Å². The van der Waals surface area contributed by atoms with Gasteiger partial charge in [0, 0.05) is 27.7 Å². The van der Waals surface area contributed by atoms with E-state index in [-0.39, 0.29) is 0 Å². The molecule has 0 aliphatic heterocycles. The molecule has 0 atom stereocenters. The second-order valence-corrected chi connectivity index (χ2v) is 11.6. The molecule has 9 rings (SSSR count). The number of hydrogen-bond donors (Lipinski definition) is 0. The molecule has 0 N–H and O–H groups in total. The summed E-state index contributed by atoms with van der Waals surface area (Å²) in [6, 6.07) is 58.5. The first-order chi connectivity index (χ1) is 23.3. The van der Waals surface area contributed by atoms with Gasteiger partial charge in [-0.2, -0.15) is 0 Å². The molecule has 0 bridgehead atoms. The number of para-hydroxylation sites is 1. The first-order valence-corrected chi connectivity index (χ1v) is 15.7. The lowest BCUT2D eigenvalue weighted by Crippen LogP contribution is -2.11. The lowest BCUT2D eigenvalue weighted by Gasteiger charge is -2.26. The van der Waals surface area contributed by atoms with Crippen LogP contribution in [0.1, 0.15) is 0 Å². The number of furan rings is 1. The number of oxazole rings is 1. The largest absolute Gasteiger partial charge is 0.454 e. The molecule has 0 amide bonds. The molecule has 0 aliphatic carbocycles. The van der Waals surface area contributed by atoms with E-state index in [2.05, 4.69) is 114 Å². The summed E-state index contributed by atoms with van der Waals surface area (Å²) >= 11 is 0. The summed E-state index contributed by atoms with van der Waals surface area (Å²) in [4.78, 5) is 7.38. The summed E-state index contributed by atoms with van der Waals surface area (Å²) < 4.78 is 13.2. The van der Waals surface area contributed by atoms with Gasteiger partial charge in [-0.05, 0) is 70.8 Å². The predicted molar refractivity (Wildman–Crippen MR) is 192 cm³/mol. The van der Waals surface area contributed by atoms with Crippen molar-refractivity contribution >= 4 is 50.1 Å². The molecule has 0 fully saturated rings. The van der Waals surface area contributed by atoms with Gasteiger partial charge in [0.2, 0.25) is 5.89 Å². The second-order valence-electron chi connectivity index (χ2n) is 11.6. The van der Waals surface area contributed by atoms with Gasteiger partial charge in [0.1, 0.15) is 16.8 Å². The number of fused-ring (bicyclic) bond motifs is 4. The third-order valence-corrected chi connectivity index (χ3v) is 8.71. The first-order valence-electron chi connectivity index (χ1n) is 15.7. The zero-order valence-corrected chi connectivity index (χ0v) is 25.4. The zero-order valence-electron chi connectivity index (χ0n) is 25.4. The molecule has 2 heterocycles. The van der Waals surface area contributed by atoms with Crippen molar-refractivity contribution in [2.45, 2.75) is 0 Å². The number of hydrogen-bond acceptors (Lipinski definition) is 4. The van der Waals surface area contributed by atoms with Crippen molar-refractivity contribution in [3.63, 3.8) is 0 Å². The minimum Gasteiger partial charge on any atom is -0.454 e. The van der Waals surface area contributed by atoms with Crippen molar-refractivity contribution in [2.75, 3.05) is 4.90 Å². The average Bonchev–Trinajstić information content (AvgIpc) is 3.75. The molecule has 0 unspecified atom stereocenters. The monoisotopic (exact) mass is 604 g/mol. The van der Waals surface area contributed by atoms with Crippen LogP contribution in [0.4, 0.5) is 17.1 Å². The Bertz CT molecular complexity index is 2400. The van der Waals surface area contributed by atoms with Crippen molar-refractivity contribution in [3.05, 3.63) is 170 Å². The topological polar surface area (TPSA) is 42.4 Å². The number of aromatic nitrogens is 1. The van der Waals surface area contributed by atoms with E-state index in [1.165, 1.54) is 11.1 Å². The number of nitrogens with zero attached hydrogens (tertiary/aromatic N) is 2. The maximum atomic E-state index is 6.69. The van der Waals surface area contributed by atoms with E-state index >= 15 is 0 Å². The Morgan fingerprint density at radius 2 is 0.894 bits per heavy atom. The van der Waals surface area contributed by atoms with Crippen LogP contribution in [-0.2, 0) is 0 Å². The fourth-order valence-corrected chi connectivity index (χ4v) is 6.41. The number of rotatable bonds is 6. The van der Waals surface area contributed by atoms with Crippen molar-refractivity contribution in [1.29, 1.82) is 0 Å². The molecule has 4 heteroatoms. The van der Waals surface area contributed by atoms with Crippen LogP contribution in [0.15, 0.2) is 179 Å². The van der Waals surface area contributed by atoms with Crippen LogP contribution in [-0.4, -0.2) is 4.98 Å². The summed E-state index contributed by atoms with van der Waals surface area (Å²) in [7, 11) is 0. The van der Waals surface area contributed by atoms with Crippen LogP contribution in [0.25, 0.3) is 66.7 Å². The van der Waals surface area contributed by atoms with Crippen molar-refractivity contribution in [2.24, 2.45) is 0 Å². The van der Waals surface area contributed by atoms with Gasteiger partial charge in [-0.25, -0.2) is 4.98 Å². The quantitative estimate of drug-likeness (QED) is 0.189. The Morgan fingerprint density at radius 3 is 1.47 bits per heavy atom. The fourth-order valence-electron chi connectivity index (χ4n) is 6.41. The Labute approximate surface area is 271 Å². The van der Waals surface area contributed by atoms with Crippen molar-refractivity contribution in [3.8, 4) is 33.7 Å². The van der Waals surface area contributed by atoms with Gasteiger partial charge in [-0.1, -0.05) is 121 Å². The van der Waals surface area contributed by atoms with Crippen molar-refractivity contribution < 1.29 is 8.83 Å². The summed E-state index contributed by atoms with van der Waals surface area (Å²) in [5.74, 6) is 0.567. The van der Waals surface area contributed by atoms with E-state index < -0.39 is 0 Å². The fraction of sp³-hybridized carbons (Fsp3) is 0. The standard InChI is InChI=1S/C43H28N2O2/c1-4-12-29(13-5-1)31-20-24-34(25-21-31)45(35-26-22-32(23-27-35)30-14-6-2-7-15-30)41-40-39(47-43(44-40)33-16-8-3-9-17-33)28-37-36-18-10-11-19-38(36)46-42(37)41/h1-28H. The molecule has 47 heavy (non-hydrogen) atoms. The maximum absolute atomic E-state index is 6.69. The van der Waals surface area contributed by atoms with E-state index in [0.717, 1.165) is 61.2 Å². The molecule has 9 aromatic rings. The SMILES string of the molecule is c1ccc(-c2ccc(N(c3ccc(-c4ccccc4)cc3)c3c4nc(-c5ccccc5)oc4cc4c3oc3ccccc34)cc2)cc1. The number of benzene rings is 7. The molecule has 2 aromatic heterocycles. The molecule has 7 aromatic carbocycles. The summed E-state index contributed by atoms with van der Waals surface area (Å²) in [5.41, 5.74) is 11.4. The van der Waals surface area contributed by atoms with Gasteiger partial charge in [-0.3, -0.25) is 0 Å². The van der Waals surface area contributed by atoms with Gasteiger partial charge >= 0.3 is 0 Å². The van der Waals surface area contributed by atoms with Gasteiger partial charge in [0.05, 0.1) is 0 Å². The van der Waals surface area contributed by atoms with Gasteiger partial charge < -0.3 is 13.7 Å². The van der Waals surface area contributed by atoms with Crippen LogP contribution in [0.5, 0.6) is 0 Å². The highest BCUT2D eigenvalue weighted by atomic mass is 16.4. The Balaban J connectivity index is 1.31. The van der Waals surface area contributed by atoms with E-state index in [1.54, 1.807) is 0 Å². The summed E-state index contributed by atoms with van der Waals surface area (Å²) in [5, 5.41) is 2.01. The minimum absolute atomic E-state index is 0.567. The normalized spacial score (nSPS) is 11.4. The first kappa shape index (κ1) is 27.0. The Hall–Kier alpha value is -6.39. The lowest BCUT2D eigenvalue weighted by molar-refractivity contribution is 0.620. The van der Waals surface area contributed by atoms with E-state index in [1.807, 2.05) is 60.7 Å². The average molecular weight is 605 g/mol. The highest BCUT2D eigenvalue weighted by molar-refractivity contribution is 6.17. The highest BCUT2D eigenvalue weighted by Gasteiger charge is 2.26. The lowest BCUT2D eigenvalue weighted by atomic mass is 10.0. The highest BCUT2D eigenvalue weighted by Crippen LogP contribution is 2.47. The molecular weight excluding hydrogens is 576 g/mol. The second kappa shape index (κ2) is 11.2. The maximum Gasteiger partial charge on any atom is 0.227 e. The molecule has 0 saturated carbocycles. The molecule has 0 aliphatic rings. The summed E-state index contributed by atoms with van der Waals surface area (Å²) in [6.07, 6.45) is 0. The Morgan fingerprint density at radius 1 is 0.404 bits per heavy atom. The molecule has 4 nitrogen and oxygen atoms in total. The van der Waals surface area contributed by atoms with Crippen LogP contribution in [0.2, 0.25) is 0 Å². The predicted octanol–water partition coefficient (Wildman–Crippen LogP) is 12.2. The third-order valence-electron chi connectivity index (χ3n) is 8.71. The van der Waals surface area contributed by atoms with E-state index in [9.17, 15) is 0 Å². The number of anilines is 3. The molecule has 0 radical (unpaired) electrons. The van der Waals surface area contributed by atoms with E-state index in [4.69, 9.17) is 13.8 Å². The van der Waals surface area contributed by atoms with Gasteiger partial charge in [0.15, 0.2) is 11.2 Å². The zero-order chi connectivity index (χ0) is 31.2. The van der Waals surface area contributed by atoms with Crippen LogP contribution < -0.4 is 4.90 Å². The molecule has 0 spiro atoms. The van der Waals surface area contributed by atoms with Crippen molar-refractivity contribution in [1.82, 2.24) is 4.98 Å². The minimum atomic E-state index is 0.567. The van der Waals surface area contributed by atoms with Crippen LogP contribution >= 0.6 is 0 Å². The smallest absolute Gasteiger partial charge is 0.227 e. The Kier molecular flexibility index (Phi) is 6.43. The summed E-state index contributed by atoms with van der Waals surface area (Å²) in [6.45, 7) is 0. The molecule has 222 valence electrons. The van der Waals surface area contributed by atoms with Crippen LogP contribution in [0.3, 0.4) is 0 Å². The van der Waals surface area contributed by atoms with Gasteiger partial charge in [-0.15, -0.1) is 0 Å². The third kappa shape index (κ3) is 4.75.